The molecule has 1 aromatic carbocycles. The number of hydrogen-bond acceptors (Lipinski definition) is 3. The molecule has 2 N–H and O–H groups in total. The maximum Gasteiger partial charge on any atom is 0.321 e. The lowest BCUT2D eigenvalue weighted by Crippen LogP contribution is -2.39. The first-order valence-electron chi connectivity index (χ1n) is 6.37. The molecule has 1 rings (SSSR count). The van der Waals surface area contributed by atoms with Gasteiger partial charge in [0.25, 0.3) is 0 Å². The van der Waals surface area contributed by atoms with Gasteiger partial charge in [0.2, 0.25) is 0 Å². The summed E-state index contributed by atoms with van der Waals surface area (Å²) in [5.74, 6) is -1.61. The molecule has 0 aromatic heterocycles. The lowest BCUT2D eigenvalue weighted by Gasteiger charge is -2.23. The van der Waals surface area contributed by atoms with Crippen molar-refractivity contribution in [2.45, 2.75) is 13.8 Å². The minimum atomic E-state index is -0.956. The third-order valence-electron chi connectivity index (χ3n) is 2.93. The minimum Gasteiger partial charge on any atom is -0.481 e. The van der Waals surface area contributed by atoms with Gasteiger partial charge in [-0.3, -0.25) is 4.79 Å². The van der Waals surface area contributed by atoms with Crippen LogP contribution in [-0.2, 0) is 4.79 Å². The number of carbonyl (C=O) groups is 2. The zero-order valence-electron chi connectivity index (χ0n) is 11.8. The van der Waals surface area contributed by atoms with E-state index in [4.69, 9.17) is 22.0 Å². The molecular weight excluding hydrogens is 294 g/mol. The zero-order valence-corrected chi connectivity index (χ0v) is 12.5. The number of rotatable bonds is 5. The van der Waals surface area contributed by atoms with Gasteiger partial charge in [-0.25, -0.2) is 4.79 Å². The second kappa shape index (κ2) is 7.50. The van der Waals surface area contributed by atoms with E-state index >= 15 is 0 Å². The first-order chi connectivity index (χ1) is 9.88. The fourth-order valence-electron chi connectivity index (χ4n) is 1.65. The van der Waals surface area contributed by atoms with Crippen LogP contribution in [0.25, 0.3) is 0 Å². The minimum absolute atomic E-state index is 0.113. The Morgan fingerprint density at radius 2 is 2.19 bits per heavy atom. The van der Waals surface area contributed by atoms with E-state index in [9.17, 15) is 9.59 Å². The van der Waals surface area contributed by atoms with E-state index in [1.165, 1.54) is 24.0 Å². The molecule has 0 heterocycles. The number of nitrogens with one attached hydrogen (secondary N) is 1. The maximum absolute atomic E-state index is 12.1. The van der Waals surface area contributed by atoms with Gasteiger partial charge in [-0.15, -0.1) is 0 Å². The molecule has 0 fully saturated rings. The van der Waals surface area contributed by atoms with Crippen LogP contribution in [0.15, 0.2) is 18.2 Å². The number of amides is 2. The quantitative estimate of drug-likeness (QED) is 0.874. The number of aliphatic carboxylic acids is 1. The SMILES string of the molecule is CCN(CC(C)C(=O)O)C(=O)Nc1ccc(C#N)c(Cl)c1. The number of halogens is 1. The van der Waals surface area contributed by atoms with Gasteiger partial charge in [-0.1, -0.05) is 18.5 Å². The number of hydrogen-bond donors (Lipinski definition) is 2. The molecule has 21 heavy (non-hydrogen) atoms. The summed E-state index contributed by atoms with van der Waals surface area (Å²) in [6, 6.07) is 6.07. The Kier molecular flexibility index (Phi) is 6.00. The molecule has 0 spiro atoms. The molecule has 1 atom stereocenters. The van der Waals surface area contributed by atoms with Gasteiger partial charge in [-0.05, 0) is 25.1 Å². The predicted molar refractivity (Wildman–Crippen MR) is 79.2 cm³/mol. The summed E-state index contributed by atoms with van der Waals surface area (Å²) >= 11 is 5.89. The summed E-state index contributed by atoms with van der Waals surface area (Å²) in [6.07, 6.45) is 0. The predicted octanol–water partition coefficient (Wildman–Crippen LogP) is 2.79. The number of anilines is 1. The molecule has 1 unspecified atom stereocenters. The van der Waals surface area contributed by atoms with E-state index in [1.807, 2.05) is 6.07 Å². The number of nitrogens with zero attached hydrogens (tertiary/aromatic N) is 2. The Morgan fingerprint density at radius 1 is 1.52 bits per heavy atom. The summed E-state index contributed by atoms with van der Waals surface area (Å²) < 4.78 is 0. The third kappa shape index (κ3) is 4.65. The average Bonchev–Trinajstić information content (AvgIpc) is 2.44. The Bertz CT molecular complexity index is 583. The van der Waals surface area contributed by atoms with Crippen molar-refractivity contribution < 1.29 is 14.7 Å². The van der Waals surface area contributed by atoms with E-state index in [0.29, 0.717) is 17.8 Å². The lowest BCUT2D eigenvalue weighted by atomic mass is 10.2. The highest BCUT2D eigenvalue weighted by Crippen LogP contribution is 2.20. The van der Waals surface area contributed by atoms with Crippen molar-refractivity contribution in [2.75, 3.05) is 18.4 Å². The molecule has 112 valence electrons. The van der Waals surface area contributed by atoms with Gasteiger partial charge < -0.3 is 15.3 Å². The number of carboxylic acids is 1. The second-order valence-electron chi connectivity index (χ2n) is 4.51. The van der Waals surface area contributed by atoms with Crippen molar-refractivity contribution in [3.05, 3.63) is 28.8 Å². The number of carboxylic acid groups (broad SMARTS) is 1. The van der Waals surface area contributed by atoms with E-state index in [1.54, 1.807) is 13.0 Å². The Hall–Kier alpha value is -2.26. The van der Waals surface area contributed by atoms with Crippen LogP contribution in [0.5, 0.6) is 0 Å². The van der Waals surface area contributed by atoms with Crippen molar-refractivity contribution in [1.29, 1.82) is 5.26 Å². The monoisotopic (exact) mass is 309 g/mol. The topological polar surface area (TPSA) is 93.4 Å². The Balaban J connectivity index is 2.77. The fraction of sp³-hybridized carbons (Fsp3) is 0.357. The normalized spacial score (nSPS) is 11.3. The summed E-state index contributed by atoms with van der Waals surface area (Å²) in [5.41, 5.74) is 0.770. The van der Waals surface area contributed by atoms with Crippen LogP contribution in [0.2, 0.25) is 5.02 Å². The number of carbonyl (C=O) groups excluding carboxylic acids is 1. The van der Waals surface area contributed by atoms with Gasteiger partial charge in [0.1, 0.15) is 6.07 Å². The van der Waals surface area contributed by atoms with Crippen LogP contribution in [-0.4, -0.2) is 35.1 Å². The summed E-state index contributed by atoms with van der Waals surface area (Å²) in [6.45, 7) is 3.80. The van der Waals surface area contributed by atoms with Crippen molar-refractivity contribution in [1.82, 2.24) is 4.90 Å². The van der Waals surface area contributed by atoms with E-state index in [2.05, 4.69) is 5.32 Å². The van der Waals surface area contributed by atoms with Crippen molar-refractivity contribution in [3.8, 4) is 6.07 Å². The van der Waals surface area contributed by atoms with Crippen LogP contribution in [0.4, 0.5) is 10.5 Å². The lowest BCUT2D eigenvalue weighted by molar-refractivity contribution is -0.141. The average molecular weight is 310 g/mol. The Morgan fingerprint density at radius 3 is 2.67 bits per heavy atom. The highest BCUT2D eigenvalue weighted by Gasteiger charge is 2.19. The van der Waals surface area contributed by atoms with Gasteiger partial charge in [0.05, 0.1) is 16.5 Å². The van der Waals surface area contributed by atoms with Crippen molar-refractivity contribution in [2.24, 2.45) is 5.92 Å². The van der Waals surface area contributed by atoms with E-state index < -0.39 is 17.9 Å². The standard InChI is InChI=1S/C14H16ClN3O3/c1-3-18(8-9(2)13(19)20)14(21)17-11-5-4-10(7-16)12(15)6-11/h4-6,9H,3,8H2,1-2H3,(H,17,21)(H,19,20). The zero-order chi connectivity index (χ0) is 16.0. The van der Waals surface area contributed by atoms with Crippen LogP contribution in [0.3, 0.4) is 0 Å². The highest BCUT2D eigenvalue weighted by atomic mass is 35.5. The van der Waals surface area contributed by atoms with Gasteiger partial charge in [0, 0.05) is 18.8 Å². The molecule has 6 nitrogen and oxygen atoms in total. The van der Waals surface area contributed by atoms with E-state index in [-0.39, 0.29) is 11.6 Å². The van der Waals surface area contributed by atoms with Gasteiger partial charge in [0.15, 0.2) is 0 Å². The summed E-state index contributed by atoms with van der Waals surface area (Å²) in [5, 5.41) is 20.5. The molecule has 1 aromatic rings. The van der Waals surface area contributed by atoms with Crippen LogP contribution in [0, 0.1) is 17.2 Å². The highest BCUT2D eigenvalue weighted by molar-refractivity contribution is 6.32. The van der Waals surface area contributed by atoms with Gasteiger partial charge in [-0.2, -0.15) is 5.26 Å². The van der Waals surface area contributed by atoms with Crippen LogP contribution < -0.4 is 5.32 Å². The second-order valence-corrected chi connectivity index (χ2v) is 4.92. The summed E-state index contributed by atoms with van der Waals surface area (Å²) in [7, 11) is 0. The van der Waals surface area contributed by atoms with E-state index in [0.717, 1.165) is 0 Å². The molecule has 0 aliphatic heterocycles. The molecule has 0 bridgehead atoms. The van der Waals surface area contributed by atoms with Crippen LogP contribution >= 0.6 is 11.6 Å². The molecule has 0 aliphatic carbocycles. The molecule has 2 amide bonds. The first kappa shape index (κ1) is 16.8. The molecule has 0 saturated heterocycles. The van der Waals surface area contributed by atoms with Crippen LogP contribution in [0.1, 0.15) is 19.4 Å². The number of nitriles is 1. The third-order valence-corrected chi connectivity index (χ3v) is 3.24. The van der Waals surface area contributed by atoms with Crippen molar-refractivity contribution in [3.63, 3.8) is 0 Å². The Labute approximate surface area is 127 Å². The number of urea groups is 1. The smallest absolute Gasteiger partial charge is 0.321 e. The molecule has 0 saturated carbocycles. The number of benzene rings is 1. The molecule has 0 radical (unpaired) electrons. The molecular formula is C14H16ClN3O3. The van der Waals surface area contributed by atoms with Crippen molar-refractivity contribution >= 4 is 29.3 Å². The van der Waals surface area contributed by atoms with Gasteiger partial charge >= 0.3 is 12.0 Å². The maximum atomic E-state index is 12.1. The molecule has 0 aliphatic rings. The first-order valence-corrected chi connectivity index (χ1v) is 6.75. The summed E-state index contributed by atoms with van der Waals surface area (Å²) in [4.78, 5) is 24.3. The largest absolute Gasteiger partial charge is 0.481 e. The molecule has 7 heteroatoms. The fourth-order valence-corrected chi connectivity index (χ4v) is 1.87.